The van der Waals surface area contributed by atoms with Crippen molar-refractivity contribution < 1.29 is 4.74 Å². The highest BCUT2D eigenvalue weighted by molar-refractivity contribution is 5.25. The number of nitrogens with one attached hydrogen (secondary N) is 1. The minimum absolute atomic E-state index is 0.602. The smallest absolute Gasteiger partial charge is 0.225 e. The molecule has 0 radical (unpaired) electrons. The Morgan fingerprint density at radius 2 is 1.94 bits per heavy atom. The Labute approximate surface area is 104 Å². The lowest BCUT2D eigenvalue weighted by Gasteiger charge is -2.06. The van der Waals surface area contributed by atoms with E-state index in [9.17, 15) is 0 Å². The van der Waals surface area contributed by atoms with Gasteiger partial charge in [-0.3, -0.25) is 0 Å². The van der Waals surface area contributed by atoms with E-state index in [-0.39, 0.29) is 0 Å². The van der Waals surface area contributed by atoms with Crippen LogP contribution in [-0.4, -0.2) is 23.6 Å². The van der Waals surface area contributed by atoms with Crippen LogP contribution < -0.4 is 10.1 Å². The molecule has 0 unspecified atom stereocenters. The number of anilines is 1. The number of nitrogens with zero attached hydrogens (tertiary/aromatic N) is 2. The lowest BCUT2D eigenvalue weighted by molar-refractivity contribution is 0.293. The third kappa shape index (κ3) is 6.09. The maximum absolute atomic E-state index is 5.56. The summed E-state index contributed by atoms with van der Waals surface area (Å²) in [7, 11) is 1.80. The first kappa shape index (κ1) is 13.7. The molecule has 0 amide bonds. The van der Waals surface area contributed by atoms with Crippen LogP contribution in [0.3, 0.4) is 0 Å². The van der Waals surface area contributed by atoms with Gasteiger partial charge in [-0.15, -0.1) is 0 Å². The highest BCUT2D eigenvalue weighted by Gasteiger charge is 1.97. The Balaban J connectivity index is 2.09. The van der Waals surface area contributed by atoms with Gasteiger partial charge in [0.15, 0.2) is 0 Å². The minimum atomic E-state index is 0.602. The summed E-state index contributed by atoms with van der Waals surface area (Å²) in [6.45, 7) is 2.98. The van der Waals surface area contributed by atoms with Crippen molar-refractivity contribution in [1.29, 1.82) is 0 Å². The molecule has 0 fully saturated rings. The Morgan fingerprint density at radius 1 is 1.18 bits per heavy atom. The lowest BCUT2D eigenvalue weighted by Crippen LogP contribution is -2.02. The SMILES string of the molecule is CCCCCCCCOc1ccnc(NC)n1. The Hall–Kier alpha value is -1.32. The normalized spacial score (nSPS) is 10.2. The Kier molecular flexibility index (Phi) is 7.11. The van der Waals surface area contributed by atoms with Crippen molar-refractivity contribution >= 4 is 5.95 Å². The molecule has 1 aromatic rings. The molecule has 0 aromatic carbocycles. The van der Waals surface area contributed by atoms with Crippen LogP contribution in [0, 0.1) is 0 Å². The van der Waals surface area contributed by atoms with Crippen LogP contribution >= 0.6 is 0 Å². The summed E-state index contributed by atoms with van der Waals surface area (Å²) >= 11 is 0. The fourth-order valence-corrected chi connectivity index (χ4v) is 1.60. The van der Waals surface area contributed by atoms with Gasteiger partial charge < -0.3 is 10.1 Å². The van der Waals surface area contributed by atoms with Crippen molar-refractivity contribution in [2.75, 3.05) is 19.0 Å². The molecule has 4 heteroatoms. The molecular formula is C13H23N3O. The van der Waals surface area contributed by atoms with Crippen molar-refractivity contribution in [3.8, 4) is 5.88 Å². The van der Waals surface area contributed by atoms with Crippen molar-refractivity contribution in [3.63, 3.8) is 0 Å². The molecular weight excluding hydrogens is 214 g/mol. The average molecular weight is 237 g/mol. The van der Waals surface area contributed by atoms with Crippen molar-refractivity contribution in [3.05, 3.63) is 12.3 Å². The molecule has 0 spiro atoms. The van der Waals surface area contributed by atoms with Crippen molar-refractivity contribution in [1.82, 2.24) is 9.97 Å². The molecule has 0 aliphatic carbocycles. The maximum Gasteiger partial charge on any atom is 0.225 e. The summed E-state index contributed by atoms with van der Waals surface area (Å²) in [5.41, 5.74) is 0. The Bertz CT molecular complexity index is 304. The molecule has 0 atom stereocenters. The number of hydrogen-bond donors (Lipinski definition) is 1. The Morgan fingerprint density at radius 3 is 2.71 bits per heavy atom. The first-order valence-corrected chi connectivity index (χ1v) is 6.50. The van der Waals surface area contributed by atoms with Crippen LogP contribution in [0.2, 0.25) is 0 Å². The van der Waals surface area contributed by atoms with E-state index in [1.165, 1.54) is 32.1 Å². The van der Waals surface area contributed by atoms with Crippen LogP contribution in [0.5, 0.6) is 5.88 Å². The minimum Gasteiger partial charge on any atom is -0.478 e. The molecule has 0 aliphatic heterocycles. The maximum atomic E-state index is 5.56. The van der Waals surface area contributed by atoms with E-state index < -0.39 is 0 Å². The van der Waals surface area contributed by atoms with Crippen LogP contribution in [0.25, 0.3) is 0 Å². The molecule has 0 saturated heterocycles. The molecule has 0 aliphatic rings. The van der Waals surface area contributed by atoms with Gasteiger partial charge >= 0.3 is 0 Å². The monoisotopic (exact) mass is 237 g/mol. The fourth-order valence-electron chi connectivity index (χ4n) is 1.60. The molecule has 1 N–H and O–H groups in total. The van der Waals surface area contributed by atoms with Gasteiger partial charge in [0.1, 0.15) is 0 Å². The predicted molar refractivity (Wildman–Crippen MR) is 70.4 cm³/mol. The van der Waals surface area contributed by atoms with Gasteiger partial charge in [0.05, 0.1) is 6.61 Å². The first-order valence-electron chi connectivity index (χ1n) is 6.50. The molecule has 0 saturated carbocycles. The molecule has 4 nitrogen and oxygen atoms in total. The summed E-state index contributed by atoms with van der Waals surface area (Å²) in [4.78, 5) is 8.23. The summed E-state index contributed by atoms with van der Waals surface area (Å²) in [6, 6.07) is 1.79. The highest BCUT2D eigenvalue weighted by Crippen LogP contribution is 2.09. The van der Waals surface area contributed by atoms with Gasteiger partial charge in [0, 0.05) is 19.3 Å². The topological polar surface area (TPSA) is 47.0 Å². The second-order valence-electron chi connectivity index (χ2n) is 4.08. The lowest BCUT2D eigenvalue weighted by atomic mass is 10.1. The van der Waals surface area contributed by atoms with E-state index in [1.54, 1.807) is 19.3 Å². The number of hydrogen-bond acceptors (Lipinski definition) is 4. The van der Waals surface area contributed by atoms with Gasteiger partial charge in [-0.2, -0.15) is 4.98 Å². The zero-order chi connectivity index (χ0) is 12.3. The molecule has 1 rings (SSSR count). The molecule has 17 heavy (non-hydrogen) atoms. The van der Waals surface area contributed by atoms with Gasteiger partial charge in [0.2, 0.25) is 11.8 Å². The van der Waals surface area contributed by atoms with Crippen LogP contribution in [0.4, 0.5) is 5.95 Å². The number of aromatic nitrogens is 2. The number of rotatable bonds is 9. The van der Waals surface area contributed by atoms with Gasteiger partial charge in [0.25, 0.3) is 0 Å². The summed E-state index contributed by atoms with van der Waals surface area (Å²) < 4.78 is 5.56. The second-order valence-corrected chi connectivity index (χ2v) is 4.08. The van der Waals surface area contributed by atoms with Crippen LogP contribution in [-0.2, 0) is 0 Å². The van der Waals surface area contributed by atoms with Gasteiger partial charge in [-0.1, -0.05) is 39.0 Å². The summed E-state index contributed by atoms with van der Waals surface area (Å²) in [6.07, 6.45) is 9.33. The predicted octanol–water partition coefficient (Wildman–Crippen LogP) is 3.26. The van der Waals surface area contributed by atoms with Gasteiger partial charge in [-0.25, -0.2) is 4.98 Å². The van der Waals surface area contributed by atoms with Crippen molar-refractivity contribution in [2.45, 2.75) is 45.4 Å². The zero-order valence-electron chi connectivity index (χ0n) is 10.9. The van der Waals surface area contributed by atoms with Gasteiger partial charge in [-0.05, 0) is 6.42 Å². The fraction of sp³-hybridized carbons (Fsp3) is 0.692. The molecule has 1 heterocycles. The zero-order valence-corrected chi connectivity index (χ0v) is 10.9. The third-order valence-corrected chi connectivity index (χ3v) is 2.60. The summed E-state index contributed by atoms with van der Waals surface area (Å²) in [5.74, 6) is 1.25. The first-order chi connectivity index (χ1) is 8.36. The number of unbranched alkanes of at least 4 members (excludes halogenated alkanes) is 5. The quantitative estimate of drug-likeness (QED) is 0.670. The summed E-state index contributed by atoms with van der Waals surface area (Å²) in [5, 5.41) is 2.89. The van der Waals surface area contributed by atoms with E-state index in [0.717, 1.165) is 13.0 Å². The van der Waals surface area contributed by atoms with Crippen LogP contribution in [0.1, 0.15) is 45.4 Å². The molecule has 1 aromatic heterocycles. The van der Waals surface area contributed by atoms with Crippen LogP contribution in [0.15, 0.2) is 12.3 Å². The molecule has 0 bridgehead atoms. The molecule has 96 valence electrons. The third-order valence-electron chi connectivity index (χ3n) is 2.60. The average Bonchev–Trinajstić information content (AvgIpc) is 2.38. The second kappa shape index (κ2) is 8.79. The van der Waals surface area contributed by atoms with E-state index in [1.807, 2.05) is 0 Å². The highest BCUT2D eigenvalue weighted by atomic mass is 16.5. The van der Waals surface area contributed by atoms with E-state index in [4.69, 9.17) is 4.74 Å². The van der Waals surface area contributed by atoms with E-state index in [2.05, 4.69) is 22.2 Å². The van der Waals surface area contributed by atoms with E-state index in [0.29, 0.717) is 11.8 Å². The number of ether oxygens (including phenoxy) is 1. The van der Waals surface area contributed by atoms with E-state index >= 15 is 0 Å². The van der Waals surface area contributed by atoms with Crippen molar-refractivity contribution in [2.24, 2.45) is 0 Å². The largest absolute Gasteiger partial charge is 0.478 e. The standard InChI is InChI=1S/C13H23N3O/c1-3-4-5-6-7-8-11-17-12-9-10-15-13(14-2)16-12/h9-10H,3-8,11H2,1-2H3,(H,14,15,16).